The van der Waals surface area contributed by atoms with Gasteiger partial charge < -0.3 is 55.8 Å². The van der Waals surface area contributed by atoms with Crippen LogP contribution in [0.2, 0.25) is 0 Å². The van der Waals surface area contributed by atoms with E-state index >= 15 is 0 Å². The number of hydroxylamine groups is 2. The molecule has 8 N–H and O–H groups in total. The predicted octanol–water partition coefficient (Wildman–Crippen LogP) is 4.64. The number of imide groups is 1. The van der Waals surface area contributed by atoms with E-state index in [9.17, 15) is 46.2 Å². The maximum Gasteiger partial charge on any atom is 0.534 e. The second-order valence-corrected chi connectivity index (χ2v) is 22.1. The van der Waals surface area contributed by atoms with E-state index in [1.165, 1.54) is 24.3 Å². The zero-order valence-corrected chi connectivity index (χ0v) is 46.2. The highest BCUT2D eigenvalue weighted by molar-refractivity contribution is 7.89. The number of nitrogen functional groups attached to an aromatic ring is 2. The summed E-state index contributed by atoms with van der Waals surface area (Å²) in [5.41, 5.74) is 18.9. The molecule has 0 aromatic heterocycles. The Hall–Kier alpha value is -6.10. The van der Waals surface area contributed by atoms with Gasteiger partial charge in [0.25, 0.3) is 11.8 Å². The highest BCUT2D eigenvalue weighted by atomic mass is 32.2. The Bertz CT molecular complexity index is 4440. The number of ether oxygens (including phenoxy) is 6. The number of sulfonamides is 2. The van der Waals surface area contributed by atoms with Crippen LogP contribution in [0.4, 0.5) is 16.2 Å². The Labute approximate surface area is 533 Å². The van der Waals surface area contributed by atoms with Crippen molar-refractivity contribution in [3.05, 3.63) is 120 Å². The minimum absolute atomic E-state index is 0.000696. The smallest absolute Gasteiger partial charge is 0.459 e. The van der Waals surface area contributed by atoms with Gasteiger partial charge in [-0.05, 0) is 97.0 Å². The van der Waals surface area contributed by atoms with Gasteiger partial charge in [-0.15, -0.1) is 0 Å². The van der Waals surface area contributed by atoms with Gasteiger partial charge in [0.15, 0.2) is 12.5 Å². The van der Waals surface area contributed by atoms with Gasteiger partial charge in [0.2, 0.25) is 20.0 Å². The minimum atomic E-state index is -5.12. The average Bonchev–Trinajstić information content (AvgIpc) is 1.48. The van der Waals surface area contributed by atoms with Crippen molar-refractivity contribution in [2.75, 3.05) is 63.8 Å². The van der Waals surface area contributed by atoms with Crippen molar-refractivity contribution in [1.29, 1.82) is 0 Å². The average molecular weight is 1240 g/mol. The number of rotatable bonds is 23. The molecule has 5 heterocycles. The molecule has 5 aliphatic heterocycles. The summed E-state index contributed by atoms with van der Waals surface area (Å²) in [7, 11) is -9.82. The lowest BCUT2D eigenvalue weighted by Crippen LogP contribution is -2.47. The van der Waals surface area contributed by atoms with E-state index in [-0.39, 0.29) is 55.6 Å². The van der Waals surface area contributed by atoms with E-state index in [1.54, 1.807) is 48.5 Å². The molecular weight excluding hydrogens is 1130 g/mol. The van der Waals surface area contributed by atoms with Crippen LogP contribution < -0.4 is 17.2 Å². The number of aliphatic hydroxyl groups excluding tert-OH is 2. The van der Waals surface area contributed by atoms with Crippen molar-refractivity contribution >= 4 is 55.4 Å². The van der Waals surface area contributed by atoms with Crippen LogP contribution in [-0.4, -0.2) is 160 Å². The molecule has 84 heavy (non-hydrogen) atoms. The summed E-state index contributed by atoms with van der Waals surface area (Å²) in [5, 5.41) is 22.4. The molecule has 0 radical (unpaired) electrons. The van der Waals surface area contributed by atoms with Gasteiger partial charge in [0, 0.05) is 86.9 Å². The first kappa shape index (κ1) is 35.5. The molecule has 4 aromatic rings. The lowest BCUT2D eigenvalue weighted by Gasteiger charge is -2.30. The van der Waals surface area contributed by atoms with E-state index in [0.29, 0.717) is 12.5 Å². The fraction of sp³-hybridized carbons (Fsp3) is 0.525. The topological polar surface area (TPSA) is 329 Å². The molecule has 0 aliphatic carbocycles. The zero-order valence-electron chi connectivity index (χ0n) is 74.6. The normalized spacial score (nSPS) is 38.8. The van der Waals surface area contributed by atoms with E-state index in [4.69, 9.17) is 67.8 Å². The maximum atomic E-state index is 14.0. The standard InChI is InChI=1S/C28H38N2O7S.C20H29N3O3S.C11H13NO7/c1-19(2)16-30(38(33,34)23-10-8-22(29)9-11-23)17-25(31)21(14-20-6-4-3-5-7-20)15-27(32)37-26-18-36-28-24(26)12-13-35-28;1-15(2)13-23(27(25,26)18-10-8-17(21)9-11-18)14-20(24)19(22)12-16-6-4-3-5-7-16;13-8-1-2-9(14)12(8)19-11(15)18-7-5-17-10-6(7)3-4-16-10/h3-11,19,21,24-26,28,31H,12-18,29H2,1-2H3;3-11,15,19-20,24H,12-14,21-22H2,1-2H3;6-7,10H,1-5H2/t21-,24+,25-,26+,28-;19-,20+;6-,7-,10+/m100/s1/i1D3,12D2,13D2,16D2,18D2,19D,24D,26D,28D;1D3,13D2,15D;3D2,4D2,5D2,6D,7D,10D/t19?,21-,24+,25-,26+,28-;15?,19-,20+;m. The quantitative estimate of drug-likeness (QED) is 0.0383. The highest BCUT2D eigenvalue weighted by Crippen LogP contribution is 2.35. The fourth-order valence-corrected chi connectivity index (χ4v) is 10.4. The molecule has 12 atom stereocenters. The number of nitrogens with zero attached hydrogens (tertiary/aromatic N) is 3. The molecule has 5 saturated heterocycles. The number of amides is 2. The summed E-state index contributed by atoms with van der Waals surface area (Å²) in [6.07, 6.45) is -29.4. The first-order chi connectivity index (χ1) is 51.2. The first-order valence-corrected chi connectivity index (χ1v) is 27.9. The van der Waals surface area contributed by atoms with Crippen LogP contribution in [-0.2, 0) is 80.5 Å². The lowest BCUT2D eigenvalue weighted by molar-refractivity contribution is -0.179. The van der Waals surface area contributed by atoms with E-state index in [0.717, 1.165) is 48.9 Å². The van der Waals surface area contributed by atoms with Gasteiger partial charge in [-0.25, -0.2) is 21.6 Å². The van der Waals surface area contributed by atoms with Crippen molar-refractivity contribution in [2.24, 2.45) is 35.2 Å². The van der Waals surface area contributed by atoms with Crippen LogP contribution in [0, 0.1) is 29.5 Å². The predicted molar refractivity (Wildman–Crippen MR) is 307 cm³/mol. The van der Waals surface area contributed by atoms with Gasteiger partial charge in [-0.1, -0.05) is 93.3 Å². The summed E-state index contributed by atoms with van der Waals surface area (Å²) in [5.74, 6) is -18.4. The van der Waals surface area contributed by atoms with Crippen LogP contribution in [0.25, 0.3) is 0 Å². The number of aliphatic hydroxyl groups is 2. The minimum Gasteiger partial charge on any atom is -0.459 e. The second kappa shape index (κ2) is 30.3. The summed E-state index contributed by atoms with van der Waals surface area (Å²) in [6, 6.07) is 24.8. The molecule has 4 aromatic carbocycles. The number of hydrogen-bond donors (Lipinski definition) is 5. The molecule has 2 amide bonds. The Kier molecular flexibility index (Phi) is 12.8. The molecule has 23 nitrogen and oxygen atoms in total. The number of nitrogens with two attached hydrogens (primary N) is 3. The Morgan fingerprint density at radius 2 is 1.14 bits per heavy atom. The second-order valence-electron chi connectivity index (χ2n) is 18.4. The van der Waals surface area contributed by atoms with Crippen LogP contribution in [0.3, 0.4) is 0 Å². The molecular formula is C59H80N6O17S2. The van der Waals surface area contributed by atoms with Gasteiger partial charge in [0.05, 0.1) is 82.9 Å². The zero-order chi connectivity index (χ0) is 87.4. The molecule has 5 fully saturated rings. The third kappa shape index (κ3) is 18.2. The summed E-state index contributed by atoms with van der Waals surface area (Å²) in [6.45, 7) is -28.3. The number of carbonyl (C=O) groups excluding carboxylic acids is 4. The molecule has 2 unspecified atom stereocenters. The number of anilines is 2. The van der Waals surface area contributed by atoms with Crippen molar-refractivity contribution in [2.45, 2.75) is 125 Å². The molecule has 0 spiro atoms. The Morgan fingerprint density at radius 1 is 0.702 bits per heavy atom. The summed E-state index contributed by atoms with van der Waals surface area (Å²) >= 11 is 0. The molecule has 460 valence electrons. The summed E-state index contributed by atoms with van der Waals surface area (Å²) in [4.78, 5) is 52.0. The number of fused-ring (bicyclic) bond motifs is 2. The molecule has 9 rings (SSSR count). The van der Waals surface area contributed by atoms with Crippen molar-refractivity contribution in [3.8, 4) is 0 Å². The molecule has 0 bridgehead atoms. The first-order valence-electron chi connectivity index (χ1n) is 40.0. The highest BCUT2D eigenvalue weighted by Gasteiger charge is 2.46. The number of esters is 1. The van der Waals surface area contributed by atoms with Crippen molar-refractivity contribution < 1.29 is 121 Å². The van der Waals surface area contributed by atoms with Crippen molar-refractivity contribution in [1.82, 2.24) is 13.7 Å². The Balaban J connectivity index is 0.000000253. The third-order valence-corrected chi connectivity index (χ3v) is 15.3. The third-order valence-electron chi connectivity index (χ3n) is 11.9. The van der Waals surface area contributed by atoms with E-state index < -0.39 is 207 Å². The monoisotopic (exact) mass is 1240 g/mol. The molecule has 0 saturated carbocycles. The van der Waals surface area contributed by atoms with Crippen LogP contribution in [0.15, 0.2) is 119 Å². The van der Waals surface area contributed by atoms with Gasteiger partial charge in [-0.2, -0.15) is 8.61 Å². The van der Waals surface area contributed by atoms with Gasteiger partial charge in [-0.3, -0.25) is 19.2 Å². The SMILES string of the molecule is [2H]C([2H])([2H])C([2H])(C)C([2H])([2H])N(C[C@@H](O)[C@@H](CC(=O)O[C@@]1([2H])C([2H])([2H])O[C@@]2([2H])OC([2H])([2H])C([2H])([2H])[C@]21[2H])Cc1ccccc1)S(=O)(=O)c1ccc(N)cc1.[2H]C([2H])([2H])C([2H])(C)C([2H])([2H])N(C[C@@H](O)[C@@H](N)Cc1ccccc1)S(=O)(=O)c1ccc(N)cc1.[2H]C1([2H])O[C@]2([2H])OC([2H])([2H])[C@]([2H])(OC(=O)ON3C(=O)CCC3=O)[C@]2([2H])C1([2H])[2H]. The molecule has 25 heteroatoms. The number of carbonyl (C=O) groups is 4. The largest absolute Gasteiger partial charge is 0.534 e. The lowest BCUT2D eigenvalue weighted by atomic mass is 9.90. The van der Waals surface area contributed by atoms with Crippen LogP contribution in [0.5, 0.6) is 0 Å². The maximum absolute atomic E-state index is 14.0. The number of hydrogen-bond acceptors (Lipinski definition) is 20. The van der Waals surface area contributed by atoms with E-state index in [1.807, 2.05) is 0 Å². The van der Waals surface area contributed by atoms with Gasteiger partial charge in [0.1, 0.15) is 12.2 Å². The van der Waals surface area contributed by atoms with Gasteiger partial charge >= 0.3 is 12.1 Å². The summed E-state index contributed by atoms with van der Waals surface area (Å²) < 4.78 is 325. The van der Waals surface area contributed by atoms with Crippen LogP contribution >= 0.6 is 0 Å². The number of benzene rings is 4. The van der Waals surface area contributed by atoms with Crippen LogP contribution in [0.1, 0.15) is 112 Å². The van der Waals surface area contributed by atoms with Crippen molar-refractivity contribution in [3.63, 3.8) is 0 Å². The Morgan fingerprint density at radius 3 is 1.61 bits per heavy atom. The molecule has 5 aliphatic rings. The van der Waals surface area contributed by atoms with E-state index in [2.05, 4.69) is 23.8 Å². The fourth-order valence-electron chi connectivity index (χ4n) is 7.75.